The third-order valence-corrected chi connectivity index (χ3v) is 7.55. The van der Waals surface area contributed by atoms with Crippen molar-refractivity contribution in [2.24, 2.45) is 29.6 Å². The summed E-state index contributed by atoms with van der Waals surface area (Å²) in [5, 5.41) is 0.579. The van der Waals surface area contributed by atoms with Crippen LogP contribution < -0.4 is 5.56 Å². The van der Waals surface area contributed by atoms with E-state index in [0.717, 1.165) is 17.4 Å². The van der Waals surface area contributed by atoms with Crippen molar-refractivity contribution in [2.45, 2.75) is 32.4 Å². The summed E-state index contributed by atoms with van der Waals surface area (Å²) in [5.74, 6) is 3.67. The third kappa shape index (κ3) is 2.87. The zero-order valence-corrected chi connectivity index (χ0v) is 16.8. The van der Waals surface area contributed by atoms with Crippen LogP contribution >= 0.6 is 0 Å². The molecule has 152 valence electrons. The number of para-hydroxylation sites is 1. The van der Waals surface area contributed by atoms with Crippen molar-refractivity contribution in [3.8, 4) is 0 Å². The number of benzene rings is 2. The molecule has 1 heterocycles. The minimum atomic E-state index is -0.149. The van der Waals surface area contributed by atoms with Gasteiger partial charge in [-0.25, -0.2) is 4.98 Å². The molecule has 0 spiro atoms. The van der Waals surface area contributed by atoms with Gasteiger partial charge in [0.05, 0.1) is 17.4 Å². The van der Waals surface area contributed by atoms with Crippen molar-refractivity contribution in [2.75, 3.05) is 0 Å². The molecule has 0 radical (unpaired) electrons. The minimum Gasteiger partial charge on any atom is -0.331 e. The molecule has 3 saturated carbocycles. The number of fused-ring (bicyclic) bond motifs is 6. The number of aromatic amines is 1. The van der Waals surface area contributed by atoms with E-state index in [1.165, 1.54) is 19.3 Å². The van der Waals surface area contributed by atoms with Gasteiger partial charge in [-0.2, -0.15) is 0 Å². The van der Waals surface area contributed by atoms with Crippen LogP contribution in [-0.2, 0) is 17.9 Å². The van der Waals surface area contributed by atoms with Crippen LogP contribution in [0.1, 0.15) is 30.7 Å². The lowest BCUT2D eigenvalue weighted by molar-refractivity contribution is -0.135. The number of amides is 1. The summed E-state index contributed by atoms with van der Waals surface area (Å²) in [7, 11) is 0. The molecule has 30 heavy (non-hydrogen) atoms. The van der Waals surface area contributed by atoms with Crippen molar-refractivity contribution in [1.82, 2.24) is 14.9 Å². The fourth-order valence-corrected chi connectivity index (χ4v) is 6.27. The second-order valence-corrected chi connectivity index (χ2v) is 9.22. The Bertz CT molecular complexity index is 1160. The number of H-pyrrole nitrogens is 1. The van der Waals surface area contributed by atoms with Gasteiger partial charge in [0.25, 0.3) is 5.56 Å². The Morgan fingerprint density at radius 2 is 1.67 bits per heavy atom. The highest BCUT2D eigenvalue weighted by atomic mass is 16.2. The second-order valence-electron chi connectivity index (χ2n) is 9.22. The average Bonchev–Trinajstić information content (AvgIpc) is 3.19. The summed E-state index contributed by atoms with van der Waals surface area (Å²) in [6.07, 6.45) is 3.93. The summed E-state index contributed by atoms with van der Waals surface area (Å²) in [5.41, 5.74) is 1.62. The molecule has 1 N–H and O–H groups in total. The monoisotopic (exact) mass is 399 g/mol. The Labute approximate surface area is 175 Å². The van der Waals surface area contributed by atoms with E-state index in [1.807, 2.05) is 53.4 Å². The molecule has 5 heteroatoms. The third-order valence-electron chi connectivity index (χ3n) is 7.55. The maximum atomic E-state index is 13.6. The van der Waals surface area contributed by atoms with E-state index in [4.69, 9.17) is 0 Å². The fourth-order valence-electron chi connectivity index (χ4n) is 6.27. The van der Waals surface area contributed by atoms with Gasteiger partial charge in [-0.3, -0.25) is 9.59 Å². The summed E-state index contributed by atoms with van der Waals surface area (Å²) in [6.45, 7) is 0.876. The average molecular weight is 399 g/mol. The lowest BCUT2D eigenvalue weighted by Crippen LogP contribution is -2.34. The lowest BCUT2D eigenvalue weighted by atomic mass is 10.0. The molecule has 0 aliphatic heterocycles. The van der Waals surface area contributed by atoms with E-state index in [2.05, 4.69) is 9.97 Å². The van der Waals surface area contributed by atoms with Crippen molar-refractivity contribution >= 4 is 16.8 Å². The predicted molar refractivity (Wildman–Crippen MR) is 114 cm³/mol. The maximum absolute atomic E-state index is 13.6. The first-order valence-corrected chi connectivity index (χ1v) is 11.0. The van der Waals surface area contributed by atoms with E-state index in [1.54, 1.807) is 6.07 Å². The van der Waals surface area contributed by atoms with E-state index >= 15 is 0 Å². The minimum absolute atomic E-state index is 0.149. The zero-order valence-electron chi connectivity index (χ0n) is 16.8. The maximum Gasteiger partial charge on any atom is 0.258 e. The van der Waals surface area contributed by atoms with Gasteiger partial charge >= 0.3 is 0 Å². The van der Waals surface area contributed by atoms with Gasteiger partial charge < -0.3 is 9.88 Å². The van der Waals surface area contributed by atoms with Gasteiger partial charge in [0.1, 0.15) is 5.82 Å². The molecule has 3 aromatic rings. The number of rotatable bonds is 5. The van der Waals surface area contributed by atoms with Crippen LogP contribution in [0, 0.1) is 29.6 Å². The van der Waals surface area contributed by atoms with Crippen molar-refractivity contribution in [3.05, 3.63) is 76.3 Å². The molecule has 1 unspecified atom stereocenters. The van der Waals surface area contributed by atoms with E-state index in [0.29, 0.717) is 41.7 Å². The molecule has 3 aliphatic carbocycles. The molecule has 1 aromatic heterocycles. The van der Waals surface area contributed by atoms with Crippen molar-refractivity contribution < 1.29 is 4.79 Å². The summed E-state index contributed by atoms with van der Waals surface area (Å²) in [4.78, 5) is 35.6. The second kappa shape index (κ2) is 6.79. The zero-order chi connectivity index (χ0) is 20.2. The first-order valence-electron chi connectivity index (χ1n) is 11.0. The van der Waals surface area contributed by atoms with Crippen LogP contribution in [0.5, 0.6) is 0 Å². The van der Waals surface area contributed by atoms with Gasteiger partial charge in [0.15, 0.2) is 0 Å². The highest BCUT2D eigenvalue weighted by Crippen LogP contribution is 2.69. The van der Waals surface area contributed by atoms with Crippen molar-refractivity contribution in [3.63, 3.8) is 0 Å². The first kappa shape index (κ1) is 17.9. The van der Waals surface area contributed by atoms with Crippen LogP contribution in [0.3, 0.4) is 0 Å². The summed E-state index contributed by atoms with van der Waals surface area (Å²) >= 11 is 0. The normalized spacial score (nSPS) is 28.5. The quantitative estimate of drug-likeness (QED) is 0.711. The Morgan fingerprint density at radius 1 is 0.967 bits per heavy atom. The van der Waals surface area contributed by atoms with Gasteiger partial charge in [0, 0.05) is 12.5 Å². The first-order chi connectivity index (χ1) is 14.7. The lowest BCUT2D eigenvalue weighted by Gasteiger charge is -2.24. The molecular weight excluding hydrogens is 374 g/mol. The number of hydrogen-bond donors (Lipinski definition) is 1. The number of carbonyl (C=O) groups is 1. The van der Waals surface area contributed by atoms with Crippen LogP contribution in [0.2, 0.25) is 0 Å². The molecule has 3 aliphatic rings. The molecule has 5 atom stereocenters. The Hall–Kier alpha value is -2.95. The number of nitrogens with zero attached hydrogens (tertiary/aromatic N) is 2. The van der Waals surface area contributed by atoms with E-state index < -0.39 is 0 Å². The Morgan fingerprint density at radius 3 is 2.43 bits per heavy atom. The van der Waals surface area contributed by atoms with Crippen LogP contribution in [-0.4, -0.2) is 20.8 Å². The molecule has 2 bridgehead atoms. The Balaban J connectivity index is 1.30. The molecular formula is C25H25N3O2. The Kier molecular flexibility index (Phi) is 4.05. The molecule has 6 rings (SSSR count). The van der Waals surface area contributed by atoms with Gasteiger partial charge in [-0.1, -0.05) is 42.5 Å². The van der Waals surface area contributed by atoms with E-state index in [9.17, 15) is 9.59 Å². The summed E-state index contributed by atoms with van der Waals surface area (Å²) in [6, 6.07) is 17.4. The van der Waals surface area contributed by atoms with E-state index in [-0.39, 0.29) is 17.4 Å². The van der Waals surface area contributed by atoms with Crippen molar-refractivity contribution in [1.29, 1.82) is 0 Å². The van der Waals surface area contributed by atoms with Gasteiger partial charge in [-0.05, 0) is 60.6 Å². The topological polar surface area (TPSA) is 66.1 Å². The highest BCUT2D eigenvalue weighted by molar-refractivity contribution is 5.83. The van der Waals surface area contributed by atoms with Gasteiger partial charge in [-0.15, -0.1) is 0 Å². The number of hydrogen-bond acceptors (Lipinski definition) is 3. The molecule has 5 nitrogen and oxygen atoms in total. The summed E-state index contributed by atoms with van der Waals surface area (Å²) < 4.78 is 0. The van der Waals surface area contributed by atoms with Gasteiger partial charge in [0.2, 0.25) is 5.91 Å². The SMILES string of the molecule is O=C(C1[C@@H]2[C@H]3CC[C@H](C3)[C@H]12)N(Cc1ccccc1)Cc1nc2ccccc2c(=O)[nH]1. The number of carbonyl (C=O) groups excluding carboxylic acids is 1. The van der Waals surface area contributed by atoms with Crippen LogP contribution in [0.4, 0.5) is 0 Å². The smallest absolute Gasteiger partial charge is 0.258 e. The van der Waals surface area contributed by atoms with Crippen LogP contribution in [0.25, 0.3) is 10.9 Å². The number of aromatic nitrogens is 2. The molecule has 2 aromatic carbocycles. The fraction of sp³-hybridized carbons (Fsp3) is 0.400. The standard InChI is InChI=1S/C25H25N3O2/c29-24-18-8-4-5-9-19(18)26-20(27-24)14-28(13-15-6-2-1-3-7-15)25(30)23-21-16-10-11-17(12-16)22(21)23/h1-9,16-17,21-23H,10-14H2,(H,26,27,29)/t16-,17+,21+,22-,23?. The molecule has 1 amide bonds. The van der Waals surface area contributed by atoms with Crippen LogP contribution in [0.15, 0.2) is 59.4 Å². The molecule has 0 saturated heterocycles. The molecule has 3 fully saturated rings. The number of nitrogens with one attached hydrogen (secondary N) is 1. The largest absolute Gasteiger partial charge is 0.331 e. The highest BCUT2D eigenvalue weighted by Gasteiger charge is 2.67. The predicted octanol–water partition coefficient (Wildman–Crippen LogP) is 3.74.